The summed E-state index contributed by atoms with van der Waals surface area (Å²) in [6.07, 6.45) is 2.39. The Bertz CT molecular complexity index is 449. The molecule has 0 bridgehead atoms. The second kappa shape index (κ2) is 7.09. The van der Waals surface area contributed by atoms with Gasteiger partial charge in [-0.25, -0.2) is 0 Å². The third-order valence-electron chi connectivity index (χ3n) is 3.80. The number of carbonyl (C=O) groups is 1. The molecule has 0 radical (unpaired) electrons. The van der Waals surface area contributed by atoms with Gasteiger partial charge < -0.3 is 4.74 Å². The van der Waals surface area contributed by atoms with Crippen molar-refractivity contribution in [1.29, 1.82) is 0 Å². The zero-order chi connectivity index (χ0) is 16.3. The maximum Gasteiger partial charge on any atom is 0.306 e. The number of rotatable bonds is 5. The normalized spacial score (nSPS) is 27.4. The molecule has 1 fully saturated rings. The van der Waals surface area contributed by atoms with Crippen molar-refractivity contribution in [2.24, 2.45) is 11.8 Å². The summed E-state index contributed by atoms with van der Waals surface area (Å²) in [6.45, 7) is 9.08. The van der Waals surface area contributed by atoms with Crippen LogP contribution in [-0.2, 0) is 23.8 Å². The van der Waals surface area contributed by atoms with Crippen LogP contribution < -0.4 is 0 Å². The zero-order valence-electron chi connectivity index (χ0n) is 13.7. The minimum Gasteiger partial charge on any atom is -0.460 e. The molecule has 124 valence electrons. The number of esters is 1. The van der Waals surface area contributed by atoms with Gasteiger partial charge in [-0.1, -0.05) is 19.8 Å². The molecule has 0 spiro atoms. The molecule has 1 rings (SSSR count). The molecule has 0 unspecified atom stereocenters. The largest absolute Gasteiger partial charge is 0.460 e. The third-order valence-corrected chi connectivity index (χ3v) is 5.05. The summed E-state index contributed by atoms with van der Waals surface area (Å²) in [4.78, 5) is 12.0. The Morgan fingerprint density at radius 2 is 1.86 bits per heavy atom. The van der Waals surface area contributed by atoms with Gasteiger partial charge >= 0.3 is 5.97 Å². The Hall–Kier alpha value is -0.620. The lowest BCUT2D eigenvalue weighted by Gasteiger charge is -2.35. The van der Waals surface area contributed by atoms with Crippen molar-refractivity contribution in [2.45, 2.75) is 72.0 Å². The fraction of sp³-hybridized carbons (Fsp3) is 0.933. The van der Waals surface area contributed by atoms with E-state index in [9.17, 15) is 13.2 Å². The van der Waals surface area contributed by atoms with Crippen LogP contribution in [0.3, 0.4) is 0 Å². The van der Waals surface area contributed by atoms with Gasteiger partial charge in [-0.15, -0.1) is 0 Å². The Morgan fingerprint density at radius 1 is 1.24 bits per heavy atom. The second-order valence-corrected chi connectivity index (χ2v) is 8.73. The molecule has 0 amide bonds. The van der Waals surface area contributed by atoms with E-state index in [-0.39, 0.29) is 30.0 Å². The van der Waals surface area contributed by atoms with E-state index in [4.69, 9.17) is 8.92 Å². The van der Waals surface area contributed by atoms with E-state index >= 15 is 0 Å². The number of hydrogen-bond donors (Lipinski definition) is 0. The smallest absolute Gasteiger partial charge is 0.306 e. The standard InChI is InChI=1S/C15H28O5S/c1-6-21(17,18)20-13-9-7-8-11(2)12(13)10-14(16)19-15(3,4)5/h11-13H,6-10H2,1-5H3/t11-,12-,13+/m0/s1. The average Bonchev–Trinajstić information content (AvgIpc) is 2.31. The van der Waals surface area contributed by atoms with Crippen LogP contribution in [0.2, 0.25) is 0 Å². The van der Waals surface area contributed by atoms with Gasteiger partial charge in [0, 0.05) is 0 Å². The van der Waals surface area contributed by atoms with Crippen LogP contribution in [0.15, 0.2) is 0 Å². The van der Waals surface area contributed by atoms with Crippen molar-refractivity contribution < 1.29 is 22.1 Å². The van der Waals surface area contributed by atoms with E-state index in [1.807, 2.05) is 27.7 Å². The summed E-state index contributed by atoms with van der Waals surface area (Å²) in [5.74, 6) is -0.182. The average molecular weight is 320 g/mol. The lowest BCUT2D eigenvalue weighted by atomic mass is 9.76. The van der Waals surface area contributed by atoms with Gasteiger partial charge in [0.25, 0.3) is 10.1 Å². The summed E-state index contributed by atoms with van der Waals surface area (Å²) >= 11 is 0. The highest BCUT2D eigenvalue weighted by molar-refractivity contribution is 7.86. The van der Waals surface area contributed by atoms with Crippen molar-refractivity contribution in [3.05, 3.63) is 0 Å². The minimum absolute atomic E-state index is 0.0446. The van der Waals surface area contributed by atoms with Gasteiger partial charge in [0.05, 0.1) is 18.3 Å². The van der Waals surface area contributed by atoms with Crippen LogP contribution in [0.1, 0.15) is 60.3 Å². The van der Waals surface area contributed by atoms with Crippen LogP contribution in [0.25, 0.3) is 0 Å². The summed E-state index contributed by atoms with van der Waals surface area (Å²) in [5.41, 5.74) is -0.527. The first-order chi connectivity index (χ1) is 9.54. The molecule has 5 nitrogen and oxygen atoms in total. The Labute approximate surface area is 128 Å². The molecule has 21 heavy (non-hydrogen) atoms. The van der Waals surface area contributed by atoms with E-state index in [2.05, 4.69) is 0 Å². The van der Waals surface area contributed by atoms with Crippen LogP contribution >= 0.6 is 0 Å². The van der Waals surface area contributed by atoms with E-state index in [1.54, 1.807) is 6.92 Å². The minimum atomic E-state index is -3.50. The van der Waals surface area contributed by atoms with E-state index in [1.165, 1.54) is 0 Å². The molecular weight excluding hydrogens is 292 g/mol. The summed E-state index contributed by atoms with van der Waals surface area (Å²) in [7, 11) is -3.50. The van der Waals surface area contributed by atoms with Crippen LogP contribution in [0.4, 0.5) is 0 Å². The molecule has 0 saturated heterocycles. The molecule has 0 aromatic heterocycles. The number of hydrogen-bond acceptors (Lipinski definition) is 5. The van der Waals surface area contributed by atoms with Gasteiger partial charge in [-0.2, -0.15) is 8.42 Å². The van der Waals surface area contributed by atoms with Crippen molar-refractivity contribution in [3.8, 4) is 0 Å². The Morgan fingerprint density at radius 3 is 2.38 bits per heavy atom. The van der Waals surface area contributed by atoms with Gasteiger partial charge in [0.1, 0.15) is 5.60 Å². The van der Waals surface area contributed by atoms with Gasteiger partial charge in [-0.3, -0.25) is 8.98 Å². The van der Waals surface area contributed by atoms with E-state index in [0.29, 0.717) is 6.42 Å². The SMILES string of the molecule is CCS(=O)(=O)O[C@@H]1CCC[C@H](C)[C@@H]1CC(=O)OC(C)(C)C. The maximum absolute atomic E-state index is 12.0. The Balaban J connectivity index is 2.75. The first-order valence-corrected chi connectivity index (χ1v) is 9.24. The van der Waals surface area contributed by atoms with Crippen LogP contribution in [-0.4, -0.2) is 31.8 Å². The first-order valence-electron chi connectivity index (χ1n) is 7.67. The predicted molar refractivity (Wildman–Crippen MR) is 81.3 cm³/mol. The lowest BCUT2D eigenvalue weighted by molar-refractivity contribution is -0.158. The maximum atomic E-state index is 12.0. The van der Waals surface area contributed by atoms with Crippen molar-refractivity contribution in [2.75, 3.05) is 5.75 Å². The van der Waals surface area contributed by atoms with Gasteiger partial charge in [0.2, 0.25) is 0 Å². The lowest BCUT2D eigenvalue weighted by Crippen LogP contribution is -2.38. The fourth-order valence-corrected chi connectivity index (χ4v) is 3.47. The molecule has 0 aromatic rings. The summed E-state index contributed by atoms with van der Waals surface area (Å²) in [6, 6.07) is 0. The zero-order valence-corrected chi connectivity index (χ0v) is 14.5. The second-order valence-electron chi connectivity index (χ2n) is 6.84. The predicted octanol–water partition coefficient (Wildman–Crippen LogP) is 2.89. The van der Waals surface area contributed by atoms with E-state index < -0.39 is 21.8 Å². The monoisotopic (exact) mass is 320 g/mol. The molecular formula is C15H28O5S. The van der Waals surface area contributed by atoms with Crippen LogP contribution in [0, 0.1) is 11.8 Å². The molecule has 1 saturated carbocycles. The Kier molecular flexibility index (Phi) is 6.23. The first kappa shape index (κ1) is 18.4. The van der Waals surface area contributed by atoms with Crippen molar-refractivity contribution >= 4 is 16.1 Å². The van der Waals surface area contributed by atoms with Gasteiger partial charge in [0.15, 0.2) is 0 Å². The summed E-state index contributed by atoms with van der Waals surface area (Å²) < 4.78 is 34.0. The number of ether oxygens (including phenoxy) is 1. The number of carbonyl (C=O) groups excluding carboxylic acids is 1. The molecule has 0 heterocycles. The fourth-order valence-electron chi connectivity index (χ4n) is 2.72. The van der Waals surface area contributed by atoms with Crippen LogP contribution in [0.5, 0.6) is 0 Å². The summed E-state index contributed by atoms with van der Waals surface area (Å²) in [5, 5.41) is 0. The molecule has 0 aliphatic heterocycles. The van der Waals surface area contributed by atoms with Gasteiger partial charge in [-0.05, 0) is 46.0 Å². The topological polar surface area (TPSA) is 69.7 Å². The quantitative estimate of drug-likeness (QED) is 0.575. The molecule has 1 aliphatic carbocycles. The molecule has 0 aromatic carbocycles. The van der Waals surface area contributed by atoms with Crippen molar-refractivity contribution in [3.63, 3.8) is 0 Å². The highest BCUT2D eigenvalue weighted by Crippen LogP contribution is 2.35. The molecule has 1 aliphatic rings. The third kappa shape index (κ3) is 6.34. The molecule has 6 heteroatoms. The van der Waals surface area contributed by atoms with E-state index in [0.717, 1.165) is 12.8 Å². The molecule has 0 N–H and O–H groups in total. The van der Waals surface area contributed by atoms with Crippen molar-refractivity contribution in [1.82, 2.24) is 0 Å². The molecule has 3 atom stereocenters. The highest BCUT2D eigenvalue weighted by Gasteiger charge is 2.36. The highest BCUT2D eigenvalue weighted by atomic mass is 32.2.